The lowest BCUT2D eigenvalue weighted by Gasteiger charge is -2.24. The molecule has 0 aliphatic heterocycles. The molecule has 1 saturated carbocycles. The minimum atomic E-state index is -0.363. The second-order valence-electron chi connectivity index (χ2n) is 3.43. The Kier molecular flexibility index (Phi) is 2.41. The third kappa shape index (κ3) is 1.37. The first kappa shape index (κ1) is 9.45. The zero-order valence-corrected chi connectivity index (χ0v) is 8.76. The molecular weight excluding hydrogens is 200 g/mol. The molecule has 0 amide bonds. The molecule has 1 aliphatic carbocycles. The van der Waals surface area contributed by atoms with E-state index < -0.39 is 0 Å². The Morgan fingerprint density at radius 1 is 1.64 bits per heavy atom. The molecule has 0 aromatic carbocycles. The molecule has 0 spiro atoms. The van der Waals surface area contributed by atoms with Crippen LogP contribution in [0.1, 0.15) is 41.2 Å². The van der Waals surface area contributed by atoms with Gasteiger partial charge in [-0.25, -0.2) is 4.79 Å². The second kappa shape index (κ2) is 3.57. The van der Waals surface area contributed by atoms with Crippen LogP contribution >= 0.6 is 11.5 Å². The maximum Gasteiger partial charge on any atom is 0.342 e. The van der Waals surface area contributed by atoms with Gasteiger partial charge in [0.2, 0.25) is 0 Å². The lowest BCUT2D eigenvalue weighted by molar-refractivity contribution is 0.0599. The van der Waals surface area contributed by atoms with E-state index in [9.17, 15) is 4.79 Å². The van der Waals surface area contributed by atoms with Crippen molar-refractivity contribution < 1.29 is 9.53 Å². The normalized spacial score (nSPS) is 16.4. The number of nitrogen functional groups attached to an aromatic ring is 1. The van der Waals surface area contributed by atoms with Crippen LogP contribution in [0.15, 0.2) is 0 Å². The highest BCUT2D eigenvalue weighted by Gasteiger charge is 2.29. The van der Waals surface area contributed by atoms with Gasteiger partial charge in [0.1, 0.15) is 10.6 Å². The molecule has 1 aromatic rings. The predicted molar refractivity (Wildman–Crippen MR) is 54.5 cm³/mol. The van der Waals surface area contributed by atoms with Gasteiger partial charge in [0.05, 0.1) is 12.8 Å². The van der Waals surface area contributed by atoms with Crippen LogP contribution in [-0.2, 0) is 4.74 Å². The number of anilines is 1. The molecule has 2 rings (SSSR count). The summed E-state index contributed by atoms with van der Waals surface area (Å²) in [6.07, 6.45) is 3.42. The number of rotatable bonds is 2. The highest BCUT2D eigenvalue weighted by atomic mass is 32.1. The topological polar surface area (TPSA) is 65.2 Å². The Labute approximate surface area is 86.2 Å². The van der Waals surface area contributed by atoms with E-state index in [4.69, 9.17) is 5.73 Å². The van der Waals surface area contributed by atoms with E-state index in [0.717, 1.165) is 18.5 Å². The summed E-state index contributed by atoms with van der Waals surface area (Å²) in [5.41, 5.74) is 7.02. The molecule has 5 heteroatoms. The lowest BCUT2D eigenvalue weighted by atomic mass is 9.81. The van der Waals surface area contributed by atoms with E-state index in [1.54, 1.807) is 0 Å². The largest absolute Gasteiger partial charge is 0.465 e. The smallest absolute Gasteiger partial charge is 0.342 e. The van der Waals surface area contributed by atoms with Gasteiger partial charge < -0.3 is 10.5 Å². The van der Waals surface area contributed by atoms with Gasteiger partial charge in [0.25, 0.3) is 0 Å². The summed E-state index contributed by atoms with van der Waals surface area (Å²) in [6, 6.07) is 0. The third-order valence-corrected chi connectivity index (χ3v) is 3.32. The number of aromatic nitrogens is 1. The Morgan fingerprint density at radius 2 is 2.36 bits per heavy atom. The van der Waals surface area contributed by atoms with Gasteiger partial charge in [-0.15, -0.1) is 0 Å². The van der Waals surface area contributed by atoms with Crippen LogP contribution in [0.3, 0.4) is 0 Å². The van der Waals surface area contributed by atoms with Crippen LogP contribution in [0.2, 0.25) is 0 Å². The van der Waals surface area contributed by atoms with Gasteiger partial charge in [-0.2, -0.15) is 4.37 Å². The van der Waals surface area contributed by atoms with Crippen LogP contribution in [0.5, 0.6) is 0 Å². The molecule has 76 valence electrons. The molecule has 2 N–H and O–H groups in total. The van der Waals surface area contributed by atoms with Crippen molar-refractivity contribution in [3.8, 4) is 0 Å². The van der Waals surface area contributed by atoms with Crippen molar-refractivity contribution in [1.29, 1.82) is 0 Å². The van der Waals surface area contributed by atoms with E-state index in [1.165, 1.54) is 25.1 Å². The van der Waals surface area contributed by atoms with Gasteiger partial charge in [-0.1, -0.05) is 6.42 Å². The van der Waals surface area contributed by atoms with Gasteiger partial charge in [0, 0.05) is 5.92 Å². The number of carbonyl (C=O) groups excluding carboxylic acids is 1. The molecule has 4 nitrogen and oxygen atoms in total. The molecule has 1 heterocycles. The molecule has 1 fully saturated rings. The fraction of sp³-hybridized carbons (Fsp3) is 0.556. The number of esters is 1. The Hall–Kier alpha value is -1.10. The number of carbonyl (C=O) groups is 1. The number of nitrogens with zero attached hydrogens (tertiary/aromatic N) is 1. The quantitative estimate of drug-likeness (QED) is 0.759. The molecular formula is C9H12N2O2S. The summed E-state index contributed by atoms with van der Waals surface area (Å²) in [4.78, 5) is 11.4. The number of methoxy groups -OCH3 is 1. The molecule has 0 bridgehead atoms. The lowest BCUT2D eigenvalue weighted by Crippen LogP contribution is -2.14. The minimum absolute atomic E-state index is 0.363. The van der Waals surface area contributed by atoms with Crippen LogP contribution in [-0.4, -0.2) is 17.5 Å². The van der Waals surface area contributed by atoms with E-state index in [-0.39, 0.29) is 5.97 Å². The molecule has 0 atom stereocenters. The van der Waals surface area contributed by atoms with E-state index >= 15 is 0 Å². The maximum absolute atomic E-state index is 11.4. The van der Waals surface area contributed by atoms with Crippen LogP contribution in [0, 0.1) is 0 Å². The van der Waals surface area contributed by atoms with Gasteiger partial charge in [-0.3, -0.25) is 0 Å². The van der Waals surface area contributed by atoms with Crippen molar-refractivity contribution in [2.45, 2.75) is 25.2 Å². The number of ether oxygens (including phenoxy) is 1. The van der Waals surface area contributed by atoms with E-state index in [1.807, 2.05) is 0 Å². The summed E-state index contributed by atoms with van der Waals surface area (Å²) >= 11 is 1.18. The summed E-state index contributed by atoms with van der Waals surface area (Å²) in [5, 5.41) is 0.471. The molecule has 14 heavy (non-hydrogen) atoms. The Balaban J connectivity index is 2.34. The van der Waals surface area contributed by atoms with Crippen molar-refractivity contribution in [3.05, 3.63) is 11.3 Å². The average Bonchev–Trinajstić information content (AvgIpc) is 2.44. The van der Waals surface area contributed by atoms with Crippen molar-refractivity contribution in [2.24, 2.45) is 0 Å². The minimum Gasteiger partial charge on any atom is -0.465 e. The van der Waals surface area contributed by atoms with E-state index in [0.29, 0.717) is 16.5 Å². The number of hydrogen-bond acceptors (Lipinski definition) is 5. The zero-order valence-electron chi connectivity index (χ0n) is 7.95. The zero-order chi connectivity index (χ0) is 10.1. The predicted octanol–water partition coefficient (Wildman–Crippen LogP) is 1.78. The van der Waals surface area contributed by atoms with Gasteiger partial charge >= 0.3 is 5.97 Å². The summed E-state index contributed by atoms with van der Waals surface area (Å²) < 4.78 is 8.91. The second-order valence-corrected chi connectivity index (χ2v) is 4.23. The molecule has 0 radical (unpaired) electrons. The number of nitrogens with two attached hydrogens (primary N) is 1. The van der Waals surface area contributed by atoms with Crippen molar-refractivity contribution >= 4 is 22.5 Å². The van der Waals surface area contributed by atoms with Crippen molar-refractivity contribution in [2.75, 3.05) is 12.8 Å². The first-order valence-electron chi connectivity index (χ1n) is 4.57. The fourth-order valence-electron chi connectivity index (χ4n) is 1.58. The van der Waals surface area contributed by atoms with Crippen LogP contribution in [0.4, 0.5) is 5.00 Å². The average molecular weight is 212 g/mol. The molecule has 1 aliphatic rings. The van der Waals surface area contributed by atoms with Gasteiger partial charge in [-0.05, 0) is 24.4 Å². The highest BCUT2D eigenvalue weighted by Crippen LogP contribution is 2.40. The molecule has 0 saturated heterocycles. The summed E-state index contributed by atoms with van der Waals surface area (Å²) in [6.45, 7) is 0. The monoisotopic (exact) mass is 212 g/mol. The SMILES string of the molecule is COC(=O)c1c(C2CCC2)nsc1N. The molecule has 1 aromatic heterocycles. The first-order valence-corrected chi connectivity index (χ1v) is 5.34. The van der Waals surface area contributed by atoms with Crippen LogP contribution < -0.4 is 5.73 Å². The van der Waals surface area contributed by atoms with E-state index in [2.05, 4.69) is 9.11 Å². The standard InChI is InChI=1S/C9H12N2O2S/c1-13-9(12)6-7(5-3-2-4-5)11-14-8(6)10/h5H,2-4,10H2,1H3. The van der Waals surface area contributed by atoms with Crippen molar-refractivity contribution in [3.63, 3.8) is 0 Å². The fourth-order valence-corrected chi connectivity index (χ4v) is 2.30. The first-order chi connectivity index (χ1) is 6.74. The van der Waals surface area contributed by atoms with Gasteiger partial charge in [0.15, 0.2) is 0 Å². The van der Waals surface area contributed by atoms with Crippen molar-refractivity contribution in [1.82, 2.24) is 4.37 Å². The number of hydrogen-bond donors (Lipinski definition) is 1. The third-order valence-electron chi connectivity index (χ3n) is 2.63. The Morgan fingerprint density at radius 3 is 2.86 bits per heavy atom. The highest BCUT2D eigenvalue weighted by molar-refractivity contribution is 7.10. The maximum atomic E-state index is 11.4. The summed E-state index contributed by atoms with van der Waals surface area (Å²) in [7, 11) is 1.37. The molecule has 0 unspecified atom stereocenters. The van der Waals surface area contributed by atoms with Crippen LogP contribution in [0.25, 0.3) is 0 Å². The Bertz CT molecular complexity index is 358. The summed E-state index contributed by atoms with van der Waals surface area (Å²) in [5.74, 6) is 0.0517.